The molecule has 236 valence electrons. The van der Waals surface area contributed by atoms with Gasteiger partial charge < -0.3 is 25.2 Å². The van der Waals surface area contributed by atoms with E-state index in [0.717, 1.165) is 0 Å². The SMILES string of the molecule is CC(=O)OC(C)(C)CCC(=O)[C@](C)(O)[C@@H]1[C@H](O)C[C@]2(C)[C@@H]3CC=C(C(C)(C)C(=O)O)[C@H](CC(=O)O)[C@]3(C)C(=O)C[C@@]12C. The lowest BCUT2D eigenvalue weighted by molar-refractivity contribution is -0.183. The maximum Gasteiger partial charge on any atom is 0.313 e. The monoisotopic (exact) mass is 592 g/mol. The van der Waals surface area contributed by atoms with Crippen LogP contribution in [0.5, 0.6) is 0 Å². The van der Waals surface area contributed by atoms with Gasteiger partial charge in [0.05, 0.1) is 17.9 Å². The van der Waals surface area contributed by atoms with Gasteiger partial charge >= 0.3 is 17.9 Å². The minimum absolute atomic E-state index is 0.114. The van der Waals surface area contributed by atoms with Gasteiger partial charge in [-0.3, -0.25) is 24.0 Å². The van der Waals surface area contributed by atoms with E-state index in [1.807, 2.05) is 13.8 Å². The number of hydrogen-bond acceptors (Lipinski definition) is 8. The number of hydrogen-bond donors (Lipinski definition) is 4. The van der Waals surface area contributed by atoms with Crippen LogP contribution in [0.15, 0.2) is 11.6 Å². The second-order valence-corrected chi connectivity index (χ2v) is 14.9. The third-order valence-electron chi connectivity index (χ3n) is 11.5. The molecule has 10 heteroatoms. The lowest BCUT2D eigenvalue weighted by Crippen LogP contribution is -2.64. The second-order valence-electron chi connectivity index (χ2n) is 14.9. The van der Waals surface area contributed by atoms with Crippen LogP contribution in [-0.4, -0.2) is 67.2 Å². The number of allylic oxidation sites excluding steroid dienone is 1. The minimum Gasteiger partial charge on any atom is -0.481 e. The average molecular weight is 593 g/mol. The molecule has 0 bridgehead atoms. The molecule has 3 rings (SSSR count). The Balaban J connectivity index is 2.07. The van der Waals surface area contributed by atoms with Crippen molar-refractivity contribution in [2.24, 2.45) is 39.4 Å². The summed E-state index contributed by atoms with van der Waals surface area (Å²) in [5.41, 5.74) is -7.00. The first-order chi connectivity index (χ1) is 18.9. The van der Waals surface area contributed by atoms with E-state index < -0.39 is 86.8 Å². The molecule has 0 aromatic heterocycles. The van der Waals surface area contributed by atoms with Crippen LogP contribution in [0.1, 0.15) is 101 Å². The lowest BCUT2D eigenvalue weighted by Gasteiger charge is -2.63. The predicted molar refractivity (Wildman–Crippen MR) is 152 cm³/mol. The molecule has 0 saturated heterocycles. The van der Waals surface area contributed by atoms with Crippen molar-refractivity contribution in [1.82, 2.24) is 0 Å². The molecule has 8 atom stereocenters. The number of aliphatic carboxylic acids is 2. The van der Waals surface area contributed by atoms with Crippen molar-refractivity contribution in [3.8, 4) is 0 Å². The summed E-state index contributed by atoms with van der Waals surface area (Å²) < 4.78 is 5.29. The van der Waals surface area contributed by atoms with Gasteiger partial charge in [0.2, 0.25) is 0 Å². The van der Waals surface area contributed by atoms with E-state index in [1.165, 1.54) is 27.7 Å². The topological polar surface area (TPSA) is 176 Å². The quantitative estimate of drug-likeness (QED) is 0.215. The number of rotatable bonds is 10. The van der Waals surface area contributed by atoms with Crippen LogP contribution >= 0.6 is 0 Å². The van der Waals surface area contributed by atoms with Gasteiger partial charge in [0.1, 0.15) is 17.0 Å². The number of carbonyl (C=O) groups excluding carboxylic acids is 3. The highest BCUT2D eigenvalue weighted by molar-refractivity contribution is 5.91. The fourth-order valence-electron chi connectivity index (χ4n) is 9.04. The number of carboxylic acids is 2. The summed E-state index contributed by atoms with van der Waals surface area (Å²) >= 11 is 0. The molecule has 0 aromatic carbocycles. The number of esters is 1. The van der Waals surface area contributed by atoms with E-state index in [2.05, 4.69) is 0 Å². The summed E-state index contributed by atoms with van der Waals surface area (Å²) in [5, 5.41) is 43.2. The number of carbonyl (C=O) groups is 5. The van der Waals surface area contributed by atoms with E-state index in [0.29, 0.717) is 12.0 Å². The van der Waals surface area contributed by atoms with Gasteiger partial charge in [-0.05, 0) is 70.6 Å². The highest BCUT2D eigenvalue weighted by Crippen LogP contribution is 2.73. The third-order valence-corrected chi connectivity index (χ3v) is 11.5. The van der Waals surface area contributed by atoms with Crippen LogP contribution in [-0.2, 0) is 28.7 Å². The van der Waals surface area contributed by atoms with Gasteiger partial charge in [-0.25, -0.2) is 0 Å². The van der Waals surface area contributed by atoms with Crippen LogP contribution in [0.3, 0.4) is 0 Å². The molecular formula is C32H48O10. The van der Waals surface area contributed by atoms with Gasteiger partial charge in [0, 0.05) is 37.0 Å². The standard InChI is InChI=1S/C32H48O10/c1-17(33)42-27(2,3)13-12-22(35)32(9,41)25-20(34)15-29(6)21-11-10-18(28(4,5)26(39)40)19(14-24(37)38)31(21,8)23(36)16-30(25,29)7/h10,19-21,25,34,41H,11-16H2,1-9H3,(H,37,38)(H,39,40)/t19-,20+,21-,25+,29+,30-,31-,32-/m0/s1. The molecule has 0 radical (unpaired) electrons. The Labute approximate surface area is 247 Å². The highest BCUT2D eigenvalue weighted by Gasteiger charge is 2.74. The van der Waals surface area contributed by atoms with E-state index >= 15 is 0 Å². The molecular weight excluding hydrogens is 544 g/mol. The van der Waals surface area contributed by atoms with Gasteiger partial charge in [-0.2, -0.15) is 0 Å². The van der Waals surface area contributed by atoms with Crippen molar-refractivity contribution < 1.29 is 49.1 Å². The van der Waals surface area contributed by atoms with Crippen LogP contribution in [0.4, 0.5) is 0 Å². The van der Waals surface area contributed by atoms with Crippen LogP contribution in [0.2, 0.25) is 0 Å². The number of ketones is 2. The molecule has 0 unspecified atom stereocenters. The number of aliphatic hydroxyl groups is 2. The Morgan fingerprint density at radius 1 is 1.02 bits per heavy atom. The normalized spacial score (nSPS) is 36.3. The van der Waals surface area contributed by atoms with E-state index in [9.17, 15) is 44.4 Å². The Morgan fingerprint density at radius 2 is 1.60 bits per heavy atom. The molecule has 2 saturated carbocycles. The zero-order valence-electron chi connectivity index (χ0n) is 26.4. The Morgan fingerprint density at radius 3 is 2.10 bits per heavy atom. The van der Waals surface area contributed by atoms with Crippen LogP contribution in [0, 0.1) is 39.4 Å². The fourth-order valence-corrected chi connectivity index (χ4v) is 9.04. The van der Waals surface area contributed by atoms with Crippen LogP contribution in [0.25, 0.3) is 0 Å². The number of ether oxygens (including phenoxy) is 1. The molecule has 3 aliphatic carbocycles. The smallest absolute Gasteiger partial charge is 0.313 e. The average Bonchev–Trinajstić information content (AvgIpc) is 3.02. The van der Waals surface area contributed by atoms with Gasteiger partial charge in [0.25, 0.3) is 0 Å². The van der Waals surface area contributed by atoms with E-state index in [4.69, 9.17) is 4.74 Å². The summed E-state index contributed by atoms with van der Waals surface area (Å²) in [4.78, 5) is 63.6. The van der Waals surface area contributed by atoms with Crippen molar-refractivity contribution in [2.45, 2.75) is 118 Å². The predicted octanol–water partition coefficient (Wildman–Crippen LogP) is 3.95. The molecule has 0 spiro atoms. The molecule has 2 fully saturated rings. The first-order valence-corrected chi connectivity index (χ1v) is 14.7. The van der Waals surface area contributed by atoms with E-state index in [1.54, 1.807) is 26.8 Å². The van der Waals surface area contributed by atoms with Crippen molar-refractivity contribution >= 4 is 29.5 Å². The molecule has 0 aromatic rings. The van der Waals surface area contributed by atoms with Crippen molar-refractivity contribution in [2.75, 3.05) is 0 Å². The molecule has 42 heavy (non-hydrogen) atoms. The maximum atomic E-state index is 14.3. The first kappa shape index (κ1) is 33.9. The van der Waals surface area contributed by atoms with Crippen molar-refractivity contribution in [1.29, 1.82) is 0 Å². The summed E-state index contributed by atoms with van der Waals surface area (Å²) in [6.45, 7) is 14.5. The lowest BCUT2D eigenvalue weighted by atomic mass is 9.39. The summed E-state index contributed by atoms with van der Waals surface area (Å²) in [5.74, 6) is -5.89. The zero-order chi connectivity index (χ0) is 32.4. The van der Waals surface area contributed by atoms with Crippen molar-refractivity contribution in [3.05, 3.63) is 11.6 Å². The number of carboxylic acid groups (broad SMARTS) is 2. The highest BCUT2D eigenvalue weighted by atomic mass is 16.6. The molecule has 0 amide bonds. The van der Waals surface area contributed by atoms with Gasteiger partial charge in [0.15, 0.2) is 5.78 Å². The second kappa shape index (κ2) is 10.5. The zero-order valence-corrected chi connectivity index (χ0v) is 26.4. The largest absolute Gasteiger partial charge is 0.481 e. The minimum atomic E-state index is -2.01. The molecule has 0 heterocycles. The Hall–Kier alpha value is -2.59. The van der Waals surface area contributed by atoms with Crippen molar-refractivity contribution in [3.63, 3.8) is 0 Å². The molecule has 0 aliphatic heterocycles. The third kappa shape index (κ3) is 5.12. The number of fused-ring (bicyclic) bond motifs is 3. The summed E-state index contributed by atoms with van der Waals surface area (Å²) in [7, 11) is 0. The van der Waals surface area contributed by atoms with Crippen LogP contribution < -0.4 is 0 Å². The summed E-state index contributed by atoms with van der Waals surface area (Å²) in [6, 6.07) is 0. The Bertz CT molecular complexity index is 1210. The first-order valence-electron chi connectivity index (χ1n) is 14.7. The Kier molecular flexibility index (Phi) is 8.51. The summed E-state index contributed by atoms with van der Waals surface area (Å²) in [6.07, 6.45) is 0.605. The number of aliphatic hydroxyl groups excluding tert-OH is 1. The number of Topliss-reactive ketones (excluding diaryl/α,β-unsaturated/α-hetero) is 2. The van der Waals surface area contributed by atoms with Gasteiger partial charge in [-0.15, -0.1) is 0 Å². The molecule has 4 N–H and O–H groups in total. The maximum absolute atomic E-state index is 14.3. The van der Waals surface area contributed by atoms with Gasteiger partial charge in [-0.1, -0.05) is 32.4 Å². The molecule has 10 nitrogen and oxygen atoms in total. The molecule has 3 aliphatic rings. The van der Waals surface area contributed by atoms with E-state index in [-0.39, 0.29) is 31.5 Å². The fraction of sp³-hybridized carbons (Fsp3) is 0.781.